The molecule has 0 aromatic heterocycles. The van der Waals surface area contributed by atoms with Crippen LogP contribution in [0.1, 0.15) is 31.7 Å². The van der Waals surface area contributed by atoms with Crippen LogP contribution in [0.15, 0.2) is 18.2 Å². The summed E-state index contributed by atoms with van der Waals surface area (Å²) < 4.78 is 10.6. The van der Waals surface area contributed by atoms with E-state index in [1.165, 1.54) is 24.8 Å². The monoisotopic (exact) mass is 298 g/mol. The molecule has 0 radical (unpaired) electrons. The molecule has 17 heavy (non-hydrogen) atoms. The van der Waals surface area contributed by atoms with E-state index in [9.17, 15) is 0 Å². The second-order valence-electron chi connectivity index (χ2n) is 4.97. The summed E-state index contributed by atoms with van der Waals surface area (Å²) >= 11 is 3.72. The van der Waals surface area contributed by atoms with Gasteiger partial charge in [0.25, 0.3) is 0 Å². The molecule has 0 aliphatic heterocycles. The smallest absolute Gasteiger partial charge is 0.161 e. The average molecular weight is 299 g/mol. The van der Waals surface area contributed by atoms with Gasteiger partial charge in [-0.15, -0.1) is 0 Å². The minimum absolute atomic E-state index is 0.258. The highest BCUT2D eigenvalue weighted by Gasteiger charge is 2.35. The molecule has 2 nitrogen and oxygen atoms in total. The van der Waals surface area contributed by atoms with E-state index < -0.39 is 0 Å². The van der Waals surface area contributed by atoms with Gasteiger partial charge in [-0.25, -0.2) is 0 Å². The molecule has 1 aliphatic rings. The Labute approximate surface area is 111 Å². The van der Waals surface area contributed by atoms with Crippen LogP contribution in [0.3, 0.4) is 0 Å². The molecule has 0 N–H and O–H groups in total. The first-order valence-electron chi connectivity index (χ1n) is 5.95. The maximum absolute atomic E-state index is 5.37. The first-order valence-corrected chi connectivity index (χ1v) is 6.87. The van der Waals surface area contributed by atoms with Gasteiger partial charge in [0.1, 0.15) is 0 Å². The maximum atomic E-state index is 5.37. The van der Waals surface area contributed by atoms with Gasteiger partial charge in [-0.1, -0.05) is 28.9 Å². The largest absolute Gasteiger partial charge is 0.493 e. The van der Waals surface area contributed by atoms with E-state index in [2.05, 4.69) is 35.0 Å². The van der Waals surface area contributed by atoms with Crippen LogP contribution in [0.25, 0.3) is 0 Å². The summed E-state index contributed by atoms with van der Waals surface area (Å²) in [6, 6.07) is 6.28. The summed E-state index contributed by atoms with van der Waals surface area (Å²) in [5, 5.41) is 0. The van der Waals surface area contributed by atoms with Crippen LogP contribution in [-0.4, -0.2) is 19.0 Å². The Balaban J connectivity index is 2.33. The Morgan fingerprint density at radius 2 is 1.94 bits per heavy atom. The van der Waals surface area contributed by atoms with Crippen LogP contribution in [0.4, 0.5) is 0 Å². The summed E-state index contributed by atoms with van der Waals surface area (Å²) in [6.45, 7) is 2.33. The molecule has 0 bridgehead atoms. The van der Waals surface area contributed by atoms with Crippen molar-refractivity contribution < 1.29 is 9.47 Å². The lowest BCUT2D eigenvalue weighted by atomic mass is 9.81. The van der Waals surface area contributed by atoms with Gasteiger partial charge in [-0.3, -0.25) is 0 Å². The van der Waals surface area contributed by atoms with Crippen molar-refractivity contribution in [2.75, 3.05) is 14.2 Å². The van der Waals surface area contributed by atoms with Crippen LogP contribution in [0.2, 0.25) is 0 Å². The van der Waals surface area contributed by atoms with Crippen molar-refractivity contribution in [1.29, 1.82) is 0 Å². The SMILES string of the molecule is COc1ccc(C2(C)CCC(Br)C2)cc1OC. The third kappa shape index (κ3) is 2.44. The number of ether oxygens (including phenoxy) is 2. The predicted molar refractivity (Wildman–Crippen MR) is 73.5 cm³/mol. The fraction of sp³-hybridized carbons (Fsp3) is 0.571. The fourth-order valence-electron chi connectivity index (χ4n) is 2.64. The van der Waals surface area contributed by atoms with Gasteiger partial charge in [-0.2, -0.15) is 0 Å². The predicted octanol–water partition coefficient (Wildman–Crippen LogP) is 3.91. The van der Waals surface area contributed by atoms with E-state index in [1.807, 2.05) is 6.07 Å². The van der Waals surface area contributed by atoms with Gasteiger partial charge >= 0.3 is 0 Å². The normalized spacial score (nSPS) is 28.1. The minimum atomic E-state index is 0.258. The molecule has 0 amide bonds. The molecule has 94 valence electrons. The van der Waals surface area contributed by atoms with Gasteiger partial charge in [0.15, 0.2) is 11.5 Å². The Kier molecular flexibility index (Phi) is 3.67. The van der Waals surface area contributed by atoms with E-state index in [4.69, 9.17) is 9.47 Å². The van der Waals surface area contributed by atoms with Crippen molar-refractivity contribution in [1.82, 2.24) is 0 Å². The number of alkyl halides is 1. The Morgan fingerprint density at radius 3 is 2.47 bits per heavy atom. The Bertz CT molecular complexity index is 405. The summed E-state index contributed by atoms with van der Waals surface area (Å²) in [5.41, 5.74) is 1.60. The zero-order valence-electron chi connectivity index (χ0n) is 10.6. The highest BCUT2D eigenvalue weighted by atomic mass is 79.9. The molecule has 0 spiro atoms. The van der Waals surface area contributed by atoms with Crippen LogP contribution >= 0.6 is 15.9 Å². The quantitative estimate of drug-likeness (QED) is 0.788. The van der Waals surface area contributed by atoms with E-state index in [1.54, 1.807) is 14.2 Å². The third-order valence-corrected chi connectivity index (χ3v) is 4.54. The fourth-order valence-corrected chi connectivity index (χ4v) is 3.59. The number of rotatable bonds is 3. The third-order valence-electron chi connectivity index (χ3n) is 3.76. The van der Waals surface area contributed by atoms with E-state index in [-0.39, 0.29) is 5.41 Å². The topological polar surface area (TPSA) is 18.5 Å². The van der Waals surface area contributed by atoms with Crippen molar-refractivity contribution in [3.63, 3.8) is 0 Å². The molecule has 0 heterocycles. The van der Waals surface area contributed by atoms with Gasteiger partial charge in [0, 0.05) is 4.83 Å². The van der Waals surface area contributed by atoms with Crippen molar-refractivity contribution in [2.24, 2.45) is 0 Å². The molecule has 0 saturated heterocycles. The lowest BCUT2D eigenvalue weighted by Crippen LogP contribution is -2.17. The number of halogens is 1. The minimum Gasteiger partial charge on any atom is -0.493 e. The lowest BCUT2D eigenvalue weighted by Gasteiger charge is -2.25. The number of benzene rings is 1. The number of hydrogen-bond donors (Lipinski definition) is 0. The van der Waals surface area contributed by atoms with Crippen molar-refractivity contribution in [2.45, 2.75) is 36.4 Å². The molecular formula is C14H19BrO2. The van der Waals surface area contributed by atoms with Crippen molar-refractivity contribution >= 4 is 15.9 Å². The maximum Gasteiger partial charge on any atom is 0.161 e. The van der Waals surface area contributed by atoms with Gasteiger partial charge in [-0.05, 0) is 42.4 Å². The Morgan fingerprint density at radius 1 is 1.24 bits per heavy atom. The average Bonchev–Trinajstić information content (AvgIpc) is 2.69. The van der Waals surface area contributed by atoms with E-state index >= 15 is 0 Å². The van der Waals surface area contributed by atoms with Gasteiger partial charge < -0.3 is 9.47 Å². The second-order valence-corrected chi connectivity index (χ2v) is 6.27. The standard InChI is InChI=1S/C14H19BrO2/c1-14(7-6-11(15)9-14)10-4-5-12(16-2)13(8-10)17-3/h4-5,8,11H,6-7,9H2,1-3H3. The van der Waals surface area contributed by atoms with Crippen LogP contribution in [-0.2, 0) is 5.41 Å². The zero-order valence-corrected chi connectivity index (χ0v) is 12.2. The lowest BCUT2D eigenvalue weighted by molar-refractivity contribution is 0.353. The van der Waals surface area contributed by atoms with Crippen molar-refractivity contribution in [3.8, 4) is 11.5 Å². The molecule has 1 aliphatic carbocycles. The van der Waals surface area contributed by atoms with Crippen LogP contribution in [0.5, 0.6) is 11.5 Å². The van der Waals surface area contributed by atoms with Gasteiger partial charge in [0.2, 0.25) is 0 Å². The first-order chi connectivity index (χ1) is 8.09. The summed E-state index contributed by atoms with van der Waals surface area (Å²) in [4.78, 5) is 0.639. The summed E-state index contributed by atoms with van der Waals surface area (Å²) in [5.74, 6) is 1.62. The zero-order chi connectivity index (χ0) is 12.5. The summed E-state index contributed by atoms with van der Waals surface area (Å²) in [7, 11) is 3.36. The van der Waals surface area contributed by atoms with E-state index in [0.29, 0.717) is 4.83 Å². The molecule has 1 saturated carbocycles. The Hall–Kier alpha value is -0.700. The van der Waals surface area contributed by atoms with E-state index in [0.717, 1.165) is 11.5 Å². The first kappa shape index (κ1) is 12.7. The molecule has 1 fully saturated rings. The van der Waals surface area contributed by atoms with Crippen molar-refractivity contribution in [3.05, 3.63) is 23.8 Å². The second kappa shape index (κ2) is 4.89. The highest BCUT2D eigenvalue weighted by molar-refractivity contribution is 9.09. The number of methoxy groups -OCH3 is 2. The molecule has 3 heteroatoms. The molecular weight excluding hydrogens is 280 g/mol. The highest BCUT2D eigenvalue weighted by Crippen LogP contribution is 2.45. The molecule has 1 aromatic rings. The van der Waals surface area contributed by atoms with Crippen LogP contribution < -0.4 is 9.47 Å². The van der Waals surface area contributed by atoms with Gasteiger partial charge in [0.05, 0.1) is 14.2 Å². The molecule has 2 atom stereocenters. The molecule has 2 unspecified atom stereocenters. The molecule has 1 aromatic carbocycles. The van der Waals surface area contributed by atoms with Crippen LogP contribution in [0, 0.1) is 0 Å². The molecule has 2 rings (SSSR count). The number of hydrogen-bond acceptors (Lipinski definition) is 2. The summed E-state index contributed by atoms with van der Waals surface area (Å²) in [6.07, 6.45) is 3.64.